The van der Waals surface area contributed by atoms with Gasteiger partial charge in [0.2, 0.25) is 0 Å². The van der Waals surface area contributed by atoms with Crippen molar-refractivity contribution in [1.82, 2.24) is 4.90 Å². The van der Waals surface area contributed by atoms with E-state index >= 15 is 0 Å². The lowest BCUT2D eigenvalue weighted by molar-refractivity contribution is -0.143. The molecule has 0 radical (unpaired) electrons. The van der Waals surface area contributed by atoms with E-state index in [0.29, 0.717) is 18.9 Å². The van der Waals surface area contributed by atoms with E-state index in [4.69, 9.17) is 5.11 Å². The molecule has 0 heterocycles. The largest absolute Gasteiger partial charge is 0.480 e. The molecule has 0 spiro atoms. The molecule has 0 saturated heterocycles. The lowest BCUT2D eigenvalue weighted by Crippen LogP contribution is -2.37. The molecular weight excluding hydrogens is 226 g/mol. The predicted molar refractivity (Wildman–Crippen MR) is 73.7 cm³/mol. The number of carboxylic acid groups (broad SMARTS) is 1. The zero-order valence-electron chi connectivity index (χ0n) is 11.7. The topological polar surface area (TPSA) is 40.5 Å². The fourth-order valence-electron chi connectivity index (χ4n) is 2.08. The molecular formula is C15H23NO2. The van der Waals surface area contributed by atoms with Gasteiger partial charge in [-0.3, -0.25) is 9.69 Å². The summed E-state index contributed by atoms with van der Waals surface area (Å²) in [6.45, 7) is 6.90. The third kappa shape index (κ3) is 3.84. The van der Waals surface area contributed by atoms with Crippen molar-refractivity contribution >= 4 is 5.97 Å². The van der Waals surface area contributed by atoms with Crippen molar-refractivity contribution in [3.05, 3.63) is 35.4 Å². The Bertz CT molecular complexity index is 384. The molecule has 0 aliphatic rings. The minimum absolute atomic E-state index is 0.408. The SMILES string of the molecule is CCC(C(=O)O)N(C)Cc1ccc(C(C)C)cc1. The molecule has 0 aliphatic carbocycles. The van der Waals surface area contributed by atoms with Gasteiger partial charge in [-0.15, -0.1) is 0 Å². The van der Waals surface area contributed by atoms with Crippen LogP contribution in [0.3, 0.4) is 0 Å². The molecule has 1 aromatic carbocycles. The number of rotatable bonds is 6. The Morgan fingerprint density at radius 1 is 1.28 bits per heavy atom. The molecule has 0 amide bonds. The zero-order valence-corrected chi connectivity index (χ0v) is 11.7. The number of carbonyl (C=O) groups is 1. The van der Waals surface area contributed by atoms with Gasteiger partial charge >= 0.3 is 5.97 Å². The number of hydrogen-bond donors (Lipinski definition) is 1. The van der Waals surface area contributed by atoms with Crippen molar-refractivity contribution < 1.29 is 9.90 Å². The second-order valence-electron chi connectivity index (χ2n) is 5.07. The number of hydrogen-bond acceptors (Lipinski definition) is 2. The minimum Gasteiger partial charge on any atom is -0.480 e. The number of carboxylic acids is 1. The lowest BCUT2D eigenvalue weighted by Gasteiger charge is -2.23. The molecule has 3 nitrogen and oxygen atoms in total. The first-order chi connectivity index (χ1) is 8.45. The molecule has 0 aliphatic heterocycles. The van der Waals surface area contributed by atoms with Gasteiger partial charge in [0.25, 0.3) is 0 Å². The zero-order chi connectivity index (χ0) is 13.7. The first-order valence-electron chi connectivity index (χ1n) is 6.47. The van der Waals surface area contributed by atoms with Crippen LogP contribution in [0.4, 0.5) is 0 Å². The van der Waals surface area contributed by atoms with Gasteiger partial charge in [-0.05, 0) is 30.5 Å². The van der Waals surface area contributed by atoms with Gasteiger partial charge in [-0.25, -0.2) is 0 Å². The van der Waals surface area contributed by atoms with E-state index in [1.165, 1.54) is 5.56 Å². The molecule has 1 N–H and O–H groups in total. The van der Waals surface area contributed by atoms with Crippen LogP contribution >= 0.6 is 0 Å². The van der Waals surface area contributed by atoms with Crippen molar-refractivity contribution in [2.24, 2.45) is 0 Å². The molecule has 1 atom stereocenters. The highest BCUT2D eigenvalue weighted by Crippen LogP contribution is 2.16. The summed E-state index contributed by atoms with van der Waals surface area (Å²) in [5.41, 5.74) is 2.47. The van der Waals surface area contributed by atoms with Crippen LogP contribution in [-0.2, 0) is 11.3 Å². The molecule has 0 bridgehead atoms. The molecule has 0 fully saturated rings. The van der Waals surface area contributed by atoms with Gasteiger partial charge in [-0.1, -0.05) is 45.0 Å². The van der Waals surface area contributed by atoms with Crippen LogP contribution in [0.2, 0.25) is 0 Å². The smallest absolute Gasteiger partial charge is 0.320 e. The van der Waals surface area contributed by atoms with Crippen LogP contribution in [0.25, 0.3) is 0 Å². The Balaban J connectivity index is 2.69. The summed E-state index contributed by atoms with van der Waals surface area (Å²) < 4.78 is 0. The third-order valence-electron chi connectivity index (χ3n) is 3.28. The van der Waals surface area contributed by atoms with E-state index in [1.807, 2.05) is 18.9 Å². The fraction of sp³-hybridized carbons (Fsp3) is 0.533. The Labute approximate surface area is 109 Å². The number of aliphatic carboxylic acids is 1. The van der Waals surface area contributed by atoms with E-state index < -0.39 is 12.0 Å². The molecule has 1 aromatic rings. The maximum atomic E-state index is 11.1. The van der Waals surface area contributed by atoms with Crippen LogP contribution in [0.15, 0.2) is 24.3 Å². The summed E-state index contributed by atoms with van der Waals surface area (Å²) in [6, 6.07) is 8.00. The number of likely N-dealkylation sites (N-methyl/N-ethyl adjacent to an activating group) is 1. The van der Waals surface area contributed by atoms with Gasteiger partial charge in [-0.2, -0.15) is 0 Å². The van der Waals surface area contributed by atoms with Crippen LogP contribution in [0, 0.1) is 0 Å². The molecule has 100 valence electrons. The maximum Gasteiger partial charge on any atom is 0.320 e. The quantitative estimate of drug-likeness (QED) is 0.842. The van der Waals surface area contributed by atoms with Crippen molar-refractivity contribution in [2.45, 2.75) is 45.7 Å². The second-order valence-corrected chi connectivity index (χ2v) is 5.07. The Morgan fingerprint density at radius 2 is 1.83 bits per heavy atom. The summed E-state index contributed by atoms with van der Waals surface area (Å²) in [4.78, 5) is 12.9. The molecule has 0 saturated carbocycles. The van der Waals surface area contributed by atoms with E-state index in [0.717, 1.165) is 5.56 Å². The molecule has 1 unspecified atom stereocenters. The Kier molecular flexibility index (Phi) is 5.35. The van der Waals surface area contributed by atoms with Crippen molar-refractivity contribution in [2.75, 3.05) is 7.05 Å². The summed E-state index contributed by atoms with van der Waals surface area (Å²) in [5, 5.41) is 9.10. The highest BCUT2D eigenvalue weighted by atomic mass is 16.4. The predicted octanol–water partition coefficient (Wildman–Crippen LogP) is 3.11. The Hall–Kier alpha value is -1.35. The molecule has 1 rings (SSSR count). The summed E-state index contributed by atoms with van der Waals surface area (Å²) in [5.74, 6) is -0.224. The normalized spacial score (nSPS) is 13.0. The van der Waals surface area contributed by atoms with Crippen LogP contribution in [-0.4, -0.2) is 29.1 Å². The van der Waals surface area contributed by atoms with Crippen LogP contribution in [0.5, 0.6) is 0 Å². The van der Waals surface area contributed by atoms with E-state index in [-0.39, 0.29) is 0 Å². The number of benzene rings is 1. The van der Waals surface area contributed by atoms with Gasteiger partial charge in [0.15, 0.2) is 0 Å². The molecule has 0 aromatic heterocycles. The summed E-state index contributed by atoms with van der Waals surface area (Å²) >= 11 is 0. The van der Waals surface area contributed by atoms with E-state index in [9.17, 15) is 4.79 Å². The van der Waals surface area contributed by atoms with E-state index in [1.54, 1.807) is 0 Å². The lowest BCUT2D eigenvalue weighted by atomic mass is 10.0. The average molecular weight is 249 g/mol. The molecule has 3 heteroatoms. The standard InChI is InChI=1S/C15H23NO2/c1-5-14(15(17)18)16(4)10-12-6-8-13(9-7-12)11(2)3/h6-9,11,14H,5,10H2,1-4H3,(H,17,18). The first-order valence-corrected chi connectivity index (χ1v) is 6.47. The van der Waals surface area contributed by atoms with Gasteiger partial charge < -0.3 is 5.11 Å². The minimum atomic E-state index is -0.751. The van der Waals surface area contributed by atoms with Crippen LogP contribution in [0.1, 0.15) is 44.2 Å². The van der Waals surface area contributed by atoms with Crippen molar-refractivity contribution in [1.29, 1.82) is 0 Å². The maximum absolute atomic E-state index is 11.1. The molecule has 18 heavy (non-hydrogen) atoms. The third-order valence-corrected chi connectivity index (χ3v) is 3.28. The Morgan fingerprint density at radius 3 is 2.22 bits per heavy atom. The van der Waals surface area contributed by atoms with Gasteiger partial charge in [0, 0.05) is 6.54 Å². The second kappa shape index (κ2) is 6.55. The van der Waals surface area contributed by atoms with Crippen molar-refractivity contribution in [3.8, 4) is 0 Å². The van der Waals surface area contributed by atoms with Gasteiger partial charge in [0.1, 0.15) is 6.04 Å². The van der Waals surface area contributed by atoms with Crippen LogP contribution < -0.4 is 0 Å². The fourth-order valence-corrected chi connectivity index (χ4v) is 2.08. The van der Waals surface area contributed by atoms with Gasteiger partial charge in [0.05, 0.1) is 0 Å². The number of nitrogens with zero attached hydrogens (tertiary/aromatic N) is 1. The summed E-state index contributed by atoms with van der Waals surface area (Å²) in [7, 11) is 1.86. The van der Waals surface area contributed by atoms with E-state index in [2.05, 4.69) is 38.1 Å². The summed E-state index contributed by atoms with van der Waals surface area (Å²) in [6.07, 6.45) is 0.621. The highest BCUT2D eigenvalue weighted by molar-refractivity contribution is 5.73. The average Bonchev–Trinajstić information content (AvgIpc) is 2.29. The van der Waals surface area contributed by atoms with Crippen molar-refractivity contribution in [3.63, 3.8) is 0 Å². The monoisotopic (exact) mass is 249 g/mol. The first kappa shape index (κ1) is 14.7. The highest BCUT2D eigenvalue weighted by Gasteiger charge is 2.20.